The zero-order valence-corrected chi connectivity index (χ0v) is 7.49. The van der Waals surface area contributed by atoms with Gasteiger partial charge in [-0.1, -0.05) is 0 Å². The summed E-state index contributed by atoms with van der Waals surface area (Å²) in [4.78, 5) is 31.5. The van der Waals surface area contributed by atoms with Crippen molar-refractivity contribution in [2.24, 2.45) is 5.92 Å². The largest absolute Gasteiger partial charge is 0.512 e. The predicted octanol–water partition coefficient (Wildman–Crippen LogP) is -2.68. The zero-order valence-electron chi connectivity index (χ0n) is 7.49. The van der Waals surface area contributed by atoms with E-state index in [-0.39, 0.29) is 0 Å². The number of rotatable bonds is 6. The molecule has 0 saturated heterocycles. The molecule has 0 aliphatic rings. The Morgan fingerprint density at radius 1 is 1.20 bits per heavy atom. The van der Waals surface area contributed by atoms with Crippen molar-refractivity contribution in [2.75, 3.05) is 0 Å². The van der Waals surface area contributed by atoms with E-state index in [2.05, 4.69) is 4.65 Å². The summed E-state index contributed by atoms with van der Waals surface area (Å²) in [5.74, 6) is -6.30. The molecule has 0 amide bonds. The zero-order chi connectivity index (χ0) is 12.0. The number of carboxylic acids is 2. The van der Waals surface area contributed by atoms with E-state index in [0.717, 1.165) is 0 Å². The third-order valence-corrected chi connectivity index (χ3v) is 1.56. The molecule has 0 saturated carbocycles. The first-order valence-electron chi connectivity index (χ1n) is 3.80. The molecular formula is C6H9BO8. The van der Waals surface area contributed by atoms with E-state index in [4.69, 9.17) is 20.3 Å². The van der Waals surface area contributed by atoms with E-state index in [1.807, 2.05) is 0 Å². The average molecular weight is 220 g/mol. The fraction of sp³-hybridized carbons (Fsp3) is 0.500. The van der Waals surface area contributed by atoms with Gasteiger partial charge in [-0.3, -0.25) is 9.59 Å². The molecule has 0 heterocycles. The minimum Gasteiger partial charge on any atom is -0.512 e. The highest BCUT2D eigenvalue weighted by atomic mass is 16.6. The minimum absolute atomic E-state index is 0.830. The SMILES string of the molecule is O=C(CC(C(=O)O)C(O)C(=O)O)OBO. The Hall–Kier alpha value is -1.61. The van der Waals surface area contributed by atoms with E-state index < -0.39 is 44.0 Å². The molecule has 4 N–H and O–H groups in total. The Bertz CT molecular complexity index is 264. The molecular weight excluding hydrogens is 211 g/mol. The van der Waals surface area contributed by atoms with Gasteiger partial charge in [-0.05, 0) is 0 Å². The maximum absolute atomic E-state index is 10.7. The first-order chi connectivity index (χ1) is 6.90. The highest BCUT2D eigenvalue weighted by molar-refractivity contribution is 6.20. The van der Waals surface area contributed by atoms with Crippen LogP contribution in [-0.2, 0) is 19.0 Å². The van der Waals surface area contributed by atoms with E-state index >= 15 is 0 Å². The molecule has 0 rings (SSSR count). The summed E-state index contributed by atoms with van der Waals surface area (Å²) in [6, 6.07) is 0. The summed E-state index contributed by atoms with van der Waals surface area (Å²) in [5, 5.41) is 33.9. The summed E-state index contributed by atoms with van der Waals surface area (Å²) in [5.41, 5.74) is 0. The van der Waals surface area contributed by atoms with Gasteiger partial charge < -0.3 is 25.0 Å². The number of hydrogen-bond donors (Lipinski definition) is 4. The molecule has 2 atom stereocenters. The molecule has 2 unspecified atom stereocenters. The fourth-order valence-corrected chi connectivity index (χ4v) is 0.817. The van der Waals surface area contributed by atoms with Gasteiger partial charge in [0.05, 0.1) is 6.42 Å². The van der Waals surface area contributed by atoms with Crippen molar-refractivity contribution in [2.45, 2.75) is 12.5 Å². The quantitative estimate of drug-likeness (QED) is 0.355. The highest BCUT2D eigenvalue weighted by Crippen LogP contribution is 2.11. The van der Waals surface area contributed by atoms with Crippen molar-refractivity contribution in [3.63, 3.8) is 0 Å². The molecule has 0 spiro atoms. The van der Waals surface area contributed by atoms with Gasteiger partial charge in [-0.15, -0.1) is 0 Å². The van der Waals surface area contributed by atoms with Crippen LogP contribution < -0.4 is 0 Å². The van der Waals surface area contributed by atoms with Crippen molar-refractivity contribution >= 4 is 25.6 Å². The van der Waals surface area contributed by atoms with Crippen LogP contribution in [0.5, 0.6) is 0 Å². The van der Waals surface area contributed by atoms with E-state index in [0.29, 0.717) is 0 Å². The summed E-state index contributed by atoms with van der Waals surface area (Å²) in [6.07, 6.45) is -3.03. The lowest BCUT2D eigenvalue weighted by atomic mass is 9.99. The Balaban J connectivity index is 4.48. The number of hydrogen-bond acceptors (Lipinski definition) is 6. The summed E-state index contributed by atoms with van der Waals surface area (Å²) >= 11 is 0. The van der Waals surface area contributed by atoms with Gasteiger partial charge in [0.15, 0.2) is 6.10 Å². The van der Waals surface area contributed by atoms with Crippen LogP contribution in [0.3, 0.4) is 0 Å². The lowest BCUT2D eigenvalue weighted by Crippen LogP contribution is -2.36. The van der Waals surface area contributed by atoms with Gasteiger partial charge in [-0.2, -0.15) is 0 Å². The highest BCUT2D eigenvalue weighted by Gasteiger charge is 2.34. The minimum atomic E-state index is -2.20. The summed E-state index contributed by atoms with van der Waals surface area (Å²) in [6.45, 7) is 0. The second-order valence-electron chi connectivity index (χ2n) is 2.58. The van der Waals surface area contributed by atoms with Crippen LogP contribution in [0.15, 0.2) is 0 Å². The first-order valence-corrected chi connectivity index (χ1v) is 3.80. The smallest absolute Gasteiger partial charge is 0.506 e. The number of carbonyl (C=O) groups is 3. The maximum atomic E-state index is 10.7. The first kappa shape index (κ1) is 13.4. The Kier molecular flexibility index (Phi) is 5.35. The Morgan fingerprint density at radius 3 is 2.07 bits per heavy atom. The van der Waals surface area contributed by atoms with Crippen molar-refractivity contribution in [3.05, 3.63) is 0 Å². The monoisotopic (exact) mass is 220 g/mol. The Labute approximate surface area is 84.4 Å². The third-order valence-electron chi connectivity index (χ3n) is 1.56. The standard InChI is InChI=1S/C6H9BO8/c8-3(15-7-14)1-2(5(10)11)4(9)6(12)13/h2,4,7,9,14H,1H2,(H,10,11)(H,12,13). The molecule has 8 nitrogen and oxygen atoms in total. The third kappa shape index (κ3) is 4.43. The van der Waals surface area contributed by atoms with Crippen LogP contribution >= 0.6 is 0 Å². The second-order valence-corrected chi connectivity index (χ2v) is 2.58. The molecule has 0 aliphatic heterocycles. The average Bonchev–Trinajstić information content (AvgIpc) is 2.13. The van der Waals surface area contributed by atoms with Crippen LogP contribution in [0.25, 0.3) is 0 Å². The summed E-state index contributed by atoms with van der Waals surface area (Å²) < 4.78 is 4.00. The van der Waals surface area contributed by atoms with Crippen molar-refractivity contribution < 1.29 is 39.4 Å². The molecule has 0 fully saturated rings. The fourth-order valence-electron chi connectivity index (χ4n) is 0.817. The van der Waals surface area contributed by atoms with Crippen LogP contribution in [0.2, 0.25) is 0 Å². The van der Waals surface area contributed by atoms with Crippen molar-refractivity contribution in [1.29, 1.82) is 0 Å². The Morgan fingerprint density at radius 2 is 1.73 bits per heavy atom. The van der Waals surface area contributed by atoms with E-state index in [1.54, 1.807) is 0 Å². The number of aliphatic hydroxyl groups is 1. The number of aliphatic hydroxyl groups excluding tert-OH is 1. The number of aliphatic carboxylic acids is 2. The molecule has 15 heavy (non-hydrogen) atoms. The van der Waals surface area contributed by atoms with Crippen molar-refractivity contribution in [1.82, 2.24) is 0 Å². The topological polar surface area (TPSA) is 141 Å². The van der Waals surface area contributed by atoms with Crippen LogP contribution in [0.4, 0.5) is 0 Å². The van der Waals surface area contributed by atoms with Crippen LogP contribution in [0, 0.1) is 5.92 Å². The molecule has 0 aliphatic carbocycles. The normalized spacial score (nSPS) is 13.7. The lowest BCUT2D eigenvalue weighted by molar-refractivity contribution is -0.162. The van der Waals surface area contributed by atoms with E-state index in [1.165, 1.54) is 0 Å². The molecule has 9 heteroatoms. The molecule has 0 aromatic carbocycles. The van der Waals surface area contributed by atoms with Crippen LogP contribution in [-0.4, -0.2) is 52.0 Å². The van der Waals surface area contributed by atoms with E-state index in [9.17, 15) is 14.4 Å². The van der Waals surface area contributed by atoms with Gasteiger partial charge in [-0.25, -0.2) is 4.79 Å². The molecule has 84 valence electrons. The van der Waals surface area contributed by atoms with Crippen molar-refractivity contribution in [3.8, 4) is 0 Å². The number of carboxylic acid groups (broad SMARTS) is 2. The molecule has 0 bridgehead atoms. The van der Waals surface area contributed by atoms with Gasteiger partial charge in [0.25, 0.3) is 5.97 Å². The van der Waals surface area contributed by atoms with Gasteiger partial charge in [0.2, 0.25) is 0 Å². The number of carbonyl (C=O) groups excluding carboxylic acids is 1. The summed E-state index contributed by atoms with van der Waals surface area (Å²) in [7, 11) is -0.936. The molecule has 0 aromatic rings. The second kappa shape index (κ2) is 5.99. The van der Waals surface area contributed by atoms with Gasteiger partial charge in [0, 0.05) is 0 Å². The molecule has 0 aromatic heterocycles. The maximum Gasteiger partial charge on any atom is 0.506 e. The van der Waals surface area contributed by atoms with Gasteiger partial charge >= 0.3 is 19.6 Å². The molecule has 0 radical (unpaired) electrons. The predicted molar refractivity (Wildman–Crippen MR) is 44.8 cm³/mol. The lowest BCUT2D eigenvalue weighted by Gasteiger charge is -2.14. The van der Waals surface area contributed by atoms with Gasteiger partial charge in [0.1, 0.15) is 5.92 Å². The van der Waals surface area contributed by atoms with Crippen LogP contribution in [0.1, 0.15) is 6.42 Å².